The molecular formula is C11H14O4-2. The van der Waals surface area contributed by atoms with E-state index in [0.29, 0.717) is 0 Å². The Hall–Kier alpha value is -1.32. The van der Waals surface area contributed by atoms with Gasteiger partial charge in [-0.1, -0.05) is 25.5 Å². The van der Waals surface area contributed by atoms with Gasteiger partial charge in [-0.2, -0.15) is 0 Å². The lowest BCUT2D eigenvalue weighted by molar-refractivity contribution is -0.330. The standard InChI is InChI=1S/C11H16O4/c1-6-4-7(9(12)13)8(10(14)15)11(2,3)5-6/h5,7-8H,4H2,1-3H3,(H,12,13)(H,14,15)/p-2/t7-,8-/m1/s1. The van der Waals surface area contributed by atoms with E-state index in [1.165, 1.54) is 0 Å². The van der Waals surface area contributed by atoms with E-state index in [1.807, 2.05) is 0 Å². The van der Waals surface area contributed by atoms with E-state index in [0.717, 1.165) is 5.57 Å². The van der Waals surface area contributed by atoms with E-state index in [1.54, 1.807) is 26.8 Å². The summed E-state index contributed by atoms with van der Waals surface area (Å²) in [4.78, 5) is 21.8. The van der Waals surface area contributed by atoms with Crippen LogP contribution in [0.3, 0.4) is 0 Å². The molecule has 84 valence electrons. The summed E-state index contributed by atoms with van der Waals surface area (Å²) in [6, 6.07) is 0. The normalized spacial score (nSPS) is 29.4. The van der Waals surface area contributed by atoms with E-state index < -0.39 is 29.2 Å². The van der Waals surface area contributed by atoms with Gasteiger partial charge in [0.05, 0.1) is 0 Å². The second-order valence-electron chi connectivity index (χ2n) is 4.74. The minimum atomic E-state index is -1.32. The van der Waals surface area contributed by atoms with Gasteiger partial charge in [0, 0.05) is 23.8 Å². The second-order valence-corrected chi connectivity index (χ2v) is 4.74. The van der Waals surface area contributed by atoms with Crippen molar-refractivity contribution >= 4 is 11.9 Å². The SMILES string of the molecule is CC1=CC(C)(C)[C@@H](C(=O)[O-])[C@H](C(=O)[O-])C1. The summed E-state index contributed by atoms with van der Waals surface area (Å²) in [6.45, 7) is 5.20. The summed E-state index contributed by atoms with van der Waals surface area (Å²) < 4.78 is 0. The van der Waals surface area contributed by atoms with E-state index in [2.05, 4.69) is 0 Å². The fraction of sp³-hybridized carbons (Fsp3) is 0.636. The maximum absolute atomic E-state index is 11.0. The fourth-order valence-electron chi connectivity index (χ4n) is 2.45. The van der Waals surface area contributed by atoms with E-state index in [-0.39, 0.29) is 6.42 Å². The Bertz CT molecular complexity index is 327. The molecule has 0 aromatic heterocycles. The van der Waals surface area contributed by atoms with E-state index >= 15 is 0 Å². The van der Waals surface area contributed by atoms with Crippen LogP contribution < -0.4 is 10.2 Å². The summed E-state index contributed by atoms with van der Waals surface area (Å²) in [5.41, 5.74) is 0.179. The third kappa shape index (κ3) is 2.19. The number of carboxylic acids is 2. The molecule has 1 aliphatic rings. The first-order valence-corrected chi connectivity index (χ1v) is 4.86. The van der Waals surface area contributed by atoms with Gasteiger partial charge in [-0.05, 0) is 18.8 Å². The molecule has 0 unspecified atom stereocenters. The summed E-state index contributed by atoms with van der Waals surface area (Å²) in [6.07, 6.45) is 2.03. The molecule has 0 amide bonds. The molecule has 1 rings (SSSR count). The number of carbonyl (C=O) groups excluding carboxylic acids is 2. The number of allylic oxidation sites excluding steroid dienone is 2. The number of carboxylic acid groups (broad SMARTS) is 2. The van der Waals surface area contributed by atoms with Crippen LogP contribution in [0.1, 0.15) is 27.2 Å². The molecule has 1 aliphatic carbocycles. The third-order valence-electron chi connectivity index (χ3n) is 2.92. The molecule has 0 aromatic rings. The van der Waals surface area contributed by atoms with E-state index in [4.69, 9.17) is 0 Å². The lowest BCUT2D eigenvalue weighted by Crippen LogP contribution is -2.51. The zero-order valence-corrected chi connectivity index (χ0v) is 9.07. The minimum Gasteiger partial charge on any atom is -0.550 e. The van der Waals surface area contributed by atoms with Crippen molar-refractivity contribution in [1.82, 2.24) is 0 Å². The molecule has 0 saturated heterocycles. The third-order valence-corrected chi connectivity index (χ3v) is 2.92. The zero-order valence-electron chi connectivity index (χ0n) is 9.07. The van der Waals surface area contributed by atoms with Crippen LogP contribution in [-0.2, 0) is 9.59 Å². The summed E-state index contributed by atoms with van der Waals surface area (Å²) in [7, 11) is 0. The molecule has 15 heavy (non-hydrogen) atoms. The van der Waals surface area contributed by atoms with Gasteiger partial charge in [0.2, 0.25) is 0 Å². The minimum absolute atomic E-state index is 0.227. The maximum atomic E-state index is 11.0. The van der Waals surface area contributed by atoms with Crippen molar-refractivity contribution in [3.63, 3.8) is 0 Å². The summed E-state index contributed by atoms with van der Waals surface area (Å²) in [5.74, 6) is -4.65. The number of hydrogen-bond donors (Lipinski definition) is 0. The molecule has 0 saturated carbocycles. The molecule has 0 fully saturated rings. The molecule has 0 aliphatic heterocycles. The van der Waals surface area contributed by atoms with Gasteiger partial charge in [-0.25, -0.2) is 0 Å². The van der Waals surface area contributed by atoms with Gasteiger partial charge in [0.25, 0.3) is 0 Å². The van der Waals surface area contributed by atoms with Gasteiger partial charge in [-0.3, -0.25) is 0 Å². The molecular weight excluding hydrogens is 196 g/mol. The Balaban J connectivity index is 3.16. The van der Waals surface area contributed by atoms with Crippen LogP contribution in [0.2, 0.25) is 0 Å². The van der Waals surface area contributed by atoms with Crippen molar-refractivity contribution in [2.45, 2.75) is 27.2 Å². The number of rotatable bonds is 2. The highest BCUT2D eigenvalue weighted by atomic mass is 16.4. The quantitative estimate of drug-likeness (QED) is 0.553. The van der Waals surface area contributed by atoms with Crippen LogP contribution in [0.5, 0.6) is 0 Å². The molecule has 4 heteroatoms. The first-order chi connectivity index (χ1) is 6.75. The highest BCUT2D eigenvalue weighted by Crippen LogP contribution is 2.41. The predicted molar refractivity (Wildman–Crippen MR) is 49.1 cm³/mol. The van der Waals surface area contributed by atoms with Crippen LogP contribution >= 0.6 is 0 Å². The van der Waals surface area contributed by atoms with Crippen LogP contribution in [0.4, 0.5) is 0 Å². The molecule has 2 atom stereocenters. The van der Waals surface area contributed by atoms with Crippen LogP contribution in [0, 0.1) is 17.3 Å². The van der Waals surface area contributed by atoms with Gasteiger partial charge < -0.3 is 19.8 Å². The Morgan fingerprint density at radius 3 is 2.27 bits per heavy atom. The highest BCUT2D eigenvalue weighted by Gasteiger charge is 2.39. The van der Waals surface area contributed by atoms with Gasteiger partial charge in [0.15, 0.2) is 0 Å². The number of hydrogen-bond acceptors (Lipinski definition) is 4. The zero-order chi connectivity index (χ0) is 11.8. The Morgan fingerprint density at radius 1 is 1.33 bits per heavy atom. The monoisotopic (exact) mass is 210 g/mol. The Labute approximate surface area is 88.6 Å². The van der Waals surface area contributed by atoms with Crippen molar-refractivity contribution in [3.8, 4) is 0 Å². The summed E-state index contributed by atoms with van der Waals surface area (Å²) in [5, 5.41) is 21.8. The Kier molecular flexibility index (Phi) is 2.88. The van der Waals surface area contributed by atoms with Crippen LogP contribution in [0.15, 0.2) is 11.6 Å². The average Bonchev–Trinajstić information content (AvgIpc) is 1.98. The molecule has 0 bridgehead atoms. The van der Waals surface area contributed by atoms with Crippen molar-refractivity contribution in [1.29, 1.82) is 0 Å². The largest absolute Gasteiger partial charge is 0.550 e. The number of aliphatic carboxylic acids is 2. The lowest BCUT2D eigenvalue weighted by Gasteiger charge is -2.43. The van der Waals surface area contributed by atoms with Gasteiger partial charge in [-0.15, -0.1) is 0 Å². The first kappa shape index (κ1) is 11.8. The van der Waals surface area contributed by atoms with Gasteiger partial charge >= 0.3 is 0 Å². The van der Waals surface area contributed by atoms with Gasteiger partial charge in [0.1, 0.15) is 0 Å². The summed E-state index contributed by atoms with van der Waals surface area (Å²) >= 11 is 0. The molecule has 0 N–H and O–H groups in total. The maximum Gasteiger partial charge on any atom is 0.0460 e. The van der Waals surface area contributed by atoms with Crippen molar-refractivity contribution < 1.29 is 19.8 Å². The molecule has 0 aromatic carbocycles. The lowest BCUT2D eigenvalue weighted by atomic mass is 9.65. The Morgan fingerprint density at radius 2 is 1.87 bits per heavy atom. The smallest absolute Gasteiger partial charge is 0.0460 e. The highest BCUT2D eigenvalue weighted by molar-refractivity contribution is 5.79. The molecule has 0 radical (unpaired) electrons. The molecule has 4 nitrogen and oxygen atoms in total. The fourth-order valence-corrected chi connectivity index (χ4v) is 2.45. The van der Waals surface area contributed by atoms with Crippen molar-refractivity contribution in [3.05, 3.63) is 11.6 Å². The predicted octanol–water partition coefficient (Wildman–Crippen LogP) is -0.905. The van der Waals surface area contributed by atoms with Crippen molar-refractivity contribution in [2.24, 2.45) is 17.3 Å². The van der Waals surface area contributed by atoms with E-state index in [9.17, 15) is 19.8 Å². The number of carbonyl (C=O) groups is 2. The molecule has 0 spiro atoms. The first-order valence-electron chi connectivity index (χ1n) is 4.86. The average molecular weight is 210 g/mol. The van der Waals surface area contributed by atoms with Crippen LogP contribution in [-0.4, -0.2) is 11.9 Å². The van der Waals surface area contributed by atoms with Crippen molar-refractivity contribution in [2.75, 3.05) is 0 Å². The topological polar surface area (TPSA) is 80.3 Å². The molecule has 0 heterocycles. The van der Waals surface area contributed by atoms with Crippen LogP contribution in [0.25, 0.3) is 0 Å². The second kappa shape index (κ2) is 3.68.